The molecule has 0 saturated carbocycles. The smallest absolute Gasteiger partial charge is 0.235 e. The average molecular weight is 275 g/mol. The van der Waals surface area contributed by atoms with Crippen LogP contribution in [-0.4, -0.2) is 32.7 Å². The number of sulfonamides is 1. The minimum absolute atomic E-state index is 0.0771. The summed E-state index contributed by atoms with van der Waals surface area (Å²) in [5.41, 5.74) is 1.08. The number of nitrogens with zero attached hydrogens (tertiary/aromatic N) is 1. The van der Waals surface area contributed by atoms with Gasteiger partial charge in [0.05, 0.1) is 11.4 Å². The Balaban J connectivity index is 2.06. The second-order valence-corrected chi connectivity index (χ2v) is 7.05. The molecule has 0 saturated heterocycles. The van der Waals surface area contributed by atoms with Crippen molar-refractivity contribution < 1.29 is 8.42 Å². The van der Waals surface area contributed by atoms with Gasteiger partial charge in [0.2, 0.25) is 10.0 Å². The van der Waals surface area contributed by atoms with Crippen molar-refractivity contribution in [2.75, 3.05) is 24.1 Å². The summed E-state index contributed by atoms with van der Waals surface area (Å²) in [7, 11) is -1.53. The highest BCUT2D eigenvalue weighted by Gasteiger charge is 2.18. The minimum Gasteiger partial charge on any atom is -0.319 e. The van der Waals surface area contributed by atoms with E-state index in [4.69, 9.17) is 0 Å². The molecular formula is C10H17N3O2S2. The highest BCUT2D eigenvalue weighted by Crippen LogP contribution is 2.29. The van der Waals surface area contributed by atoms with E-state index in [2.05, 4.69) is 15.0 Å². The molecule has 1 aromatic rings. The largest absolute Gasteiger partial charge is 0.319 e. The Kier molecular flexibility index (Phi) is 4.01. The fourth-order valence-electron chi connectivity index (χ4n) is 1.82. The third-order valence-electron chi connectivity index (χ3n) is 2.71. The van der Waals surface area contributed by atoms with Crippen molar-refractivity contribution in [3.05, 3.63) is 10.6 Å². The number of hydrogen-bond donors (Lipinski definition) is 2. The fraction of sp³-hybridized carbons (Fsp3) is 0.700. The number of aromatic nitrogens is 1. The van der Waals surface area contributed by atoms with Gasteiger partial charge in [-0.25, -0.2) is 13.4 Å². The number of nitrogens with one attached hydrogen (secondary N) is 2. The molecule has 17 heavy (non-hydrogen) atoms. The zero-order valence-corrected chi connectivity index (χ0v) is 11.5. The van der Waals surface area contributed by atoms with E-state index in [1.807, 2.05) is 0 Å². The molecule has 1 aliphatic carbocycles. The van der Waals surface area contributed by atoms with Gasteiger partial charge in [-0.2, -0.15) is 0 Å². The summed E-state index contributed by atoms with van der Waals surface area (Å²) in [6.45, 7) is 0.445. The van der Waals surface area contributed by atoms with Crippen LogP contribution in [0.25, 0.3) is 0 Å². The molecule has 0 fully saturated rings. The monoisotopic (exact) mass is 275 g/mol. The average Bonchev–Trinajstić information content (AvgIpc) is 2.67. The van der Waals surface area contributed by atoms with Gasteiger partial charge in [-0.1, -0.05) is 0 Å². The summed E-state index contributed by atoms with van der Waals surface area (Å²) in [6.07, 6.45) is 4.35. The number of rotatable bonds is 5. The van der Waals surface area contributed by atoms with Crippen LogP contribution in [-0.2, 0) is 22.9 Å². The van der Waals surface area contributed by atoms with Gasteiger partial charge in [0, 0.05) is 11.4 Å². The maximum Gasteiger partial charge on any atom is 0.235 e. The van der Waals surface area contributed by atoms with Crippen LogP contribution in [0.3, 0.4) is 0 Å². The van der Waals surface area contributed by atoms with Gasteiger partial charge in [0.1, 0.15) is 0 Å². The zero-order chi connectivity index (χ0) is 12.3. The summed E-state index contributed by atoms with van der Waals surface area (Å²) in [5.74, 6) is 0.0771. The Morgan fingerprint density at radius 2 is 2.12 bits per heavy atom. The van der Waals surface area contributed by atoms with E-state index in [0.717, 1.165) is 25.0 Å². The van der Waals surface area contributed by atoms with E-state index in [0.29, 0.717) is 11.7 Å². The lowest BCUT2D eigenvalue weighted by molar-refractivity contribution is 0.598. The van der Waals surface area contributed by atoms with E-state index in [1.165, 1.54) is 22.6 Å². The van der Waals surface area contributed by atoms with Crippen molar-refractivity contribution in [1.29, 1.82) is 0 Å². The Labute approximate surface area is 106 Å². The SMILES string of the molecule is CNCCS(=O)(=O)Nc1nc2c(s1)CCCC2. The molecule has 0 aliphatic heterocycles. The van der Waals surface area contributed by atoms with Crippen LogP contribution in [0.4, 0.5) is 5.13 Å². The van der Waals surface area contributed by atoms with E-state index >= 15 is 0 Å². The third kappa shape index (κ3) is 3.40. The number of anilines is 1. The van der Waals surface area contributed by atoms with Gasteiger partial charge in [-0.05, 0) is 32.7 Å². The number of aryl methyl sites for hydroxylation is 2. The number of fused-ring (bicyclic) bond motifs is 1. The normalized spacial score (nSPS) is 15.6. The van der Waals surface area contributed by atoms with Gasteiger partial charge in [0.25, 0.3) is 0 Å². The van der Waals surface area contributed by atoms with Gasteiger partial charge in [-0.3, -0.25) is 4.72 Å². The predicted octanol–water partition coefficient (Wildman–Crippen LogP) is 0.983. The highest BCUT2D eigenvalue weighted by atomic mass is 32.2. The first-order valence-corrected chi connectivity index (χ1v) is 8.21. The van der Waals surface area contributed by atoms with E-state index in [1.54, 1.807) is 7.05 Å². The topological polar surface area (TPSA) is 71.1 Å². The molecule has 1 aliphatic rings. The van der Waals surface area contributed by atoms with Crippen LogP contribution >= 0.6 is 11.3 Å². The van der Waals surface area contributed by atoms with Crippen molar-refractivity contribution in [2.45, 2.75) is 25.7 Å². The molecule has 0 aromatic carbocycles. The molecule has 2 rings (SSSR count). The molecule has 0 unspecified atom stereocenters. The third-order valence-corrected chi connectivity index (χ3v) is 5.16. The predicted molar refractivity (Wildman–Crippen MR) is 70.1 cm³/mol. The van der Waals surface area contributed by atoms with Crippen LogP contribution in [0.2, 0.25) is 0 Å². The minimum atomic E-state index is -3.26. The molecule has 7 heteroatoms. The summed E-state index contributed by atoms with van der Waals surface area (Å²) in [6, 6.07) is 0. The molecule has 0 atom stereocenters. The molecule has 2 N–H and O–H groups in total. The molecule has 0 spiro atoms. The molecule has 1 aromatic heterocycles. The lowest BCUT2D eigenvalue weighted by Crippen LogP contribution is -2.24. The summed E-state index contributed by atoms with van der Waals surface area (Å²) >= 11 is 1.47. The van der Waals surface area contributed by atoms with Crippen LogP contribution < -0.4 is 10.0 Å². The number of thiazole rings is 1. The van der Waals surface area contributed by atoms with Crippen LogP contribution in [0.1, 0.15) is 23.4 Å². The van der Waals surface area contributed by atoms with Gasteiger partial charge >= 0.3 is 0 Å². The maximum absolute atomic E-state index is 11.7. The molecule has 0 radical (unpaired) electrons. The molecular weight excluding hydrogens is 258 g/mol. The van der Waals surface area contributed by atoms with Gasteiger partial charge < -0.3 is 5.32 Å². The van der Waals surface area contributed by atoms with Gasteiger partial charge in [-0.15, -0.1) is 11.3 Å². The molecule has 0 bridgehead atoms. The van der Waals surface area contributed by atoms with Crippen LogP contribution in [0.15, 0.2) is 0 Å². The second-order valence-electron chi connectivity index (χ2n) is 4.12. The second kappa shape index (κ2) is 5.32. The van der Waals surface area contributed by atoms with E-state index in [9.17, 15) is 8.42 Å². The van der Waals surface area contributed by atoms with Crippen molar-refractivity contribution in [2.24, 2.45) is 0 Å². The molecule has 1 heterocycles. The fourth-order valence-corrected chi connectivity index (χ4v) is 4.15. The summed E-state index contributed by atoms with van der Waals surface area (Å²) in [5, 5.41) is 3.34. The van der Waals surface area contributed by atoms with Crippen LogP contribution in [0, 0.1) is 0 Å². The highest BCUT2D eigenvalue weighted by molar-refractivity contribution is 7.92. The van der Waals surface area contributed by atoms with E-state index in [-0.39, 0.29) is 5.75 Å². The maximum atomic E-state index is 11.7. The first-order valence-electron chi connectivity index (χ1n) is 5.74. The van der Waals surface area contributed by atoms with Crippen molar-refractivity contribution >= 4 is 26.5 Å². The zero-order valence-electron chi connectivity index (χ0n) is 9.82. The molecule has 5 nitrogen and oxygen atoms in total. The first kappa shape index (κ1) is 12.8. The standard InChI is InChI=1S/C10H17N3O2S2/c1-11-6-7-17(14,15)13-10-12-8-4-2-3-5-9(8)16-10/h11H,2-7H2,1H3,(H,12,13). The Morgan fingerprint density at radius 1 is 1.35 bits per heavy atom. The Morgan fingerprint density at radius 3 is 2.82 bits per heavy atom. The van der Waals surface area contributed by atoms with Crippen molar-refractivity contribution in [3.8, 4) is 0 Å². The quantitative estimate of drug-likeness (QED) is 0.840. The first-order chi connectivity index (χ1) is 8.11. The van der Waals surface area contributed by atoms with Crippen LogP contribution in [0.5, 0.6) is 0 Å². The molecule has 0 amide bonds. The lowest BCUT2D eigenvalue weighted by Gasteiger charge is -2.06. The van der Waals surface area contributed by atoms with Crippen molar-refractivity contribution in [3.63, 3.8) is 0 Å². The summed E-state index contributed by atoms with van der Waals surface area (Å²) < 4.78 is 25.9. The van der Waals surface area contributed by atoms with Crippen molar-refractivity contribution in [1.82, 2.24) is 10.3 Å². The lowest BCUT2D eigenvalue weighted by atomic mass is 10.0. The van der Waals surface area contributed by atoms with Gasteiger partial charge in [0.15, 0.2) is 5.13 Å². The molecule has 96 valence electrons. The Bertz CT molecular complexity index is 458. The number of hydrogen-bond acceptors (Lipinski definition) is 5. The summed E-state index contributed by atoms with van der Waals surface area (Å²) in [4.78, 5) is 5.59. The Hall–Kier alpha value is -0.660. The van der Waals surface area contributed by atoms with E-state index < -0.39 is 10.0 Å².